The third-order valence-corrected chi connectivity index (χ3v) is 8.45. The van der Waals surface area contributed by atoms with E-state index in [9.17, 15) is 19.5 Å². The van der Waals surface area contributed by atoms with Crippen LogP contribution in [0.3, 0.4) is 0 Å². The van der Waals surface area contributed by atoms with Crippen molar-refractivity contribution in [3.05, 3.63) is 48.6 Å². The lowest BCUT2D eigenvalue weighted by Gasteiger charge is -2.34. The number of carboxylic acids is 1. The quantitative estimate of drug-likeness (QED) is 0.0286. The molecule has 8 heteroatoms. The SMILES string of the molecule is CC/C=C\C/C=C\C/C=C\CCCCCC(=O)OC(COCCC(C(=O)[O-])[N+](C)(C)C)COC(=O)CCCCCCC/C=C\CCCCCC. The maximum absolute atomic E-state index is 12.6. The van der Waals surface area contributed by atoms with Crippen LogP contribution in [0, 0.1) is 0 Å². The largest absolute Gasteiger partial charge is 0.544 e. The van der Waals surface area contributed by atoms with Crippen LogP contribution in [0.2, 0.25) is 0 Å². The molecule has 0 spiro atoms. The first kappa shape index (κ1) is 47.3. The van der Waals surface area contributed by atoms with E-state index in [-0.39, 0.29) is 49.1 Å². The van der Waals surface area contributed by atoms with Gasteiger partial charge in [-0.3, -0.25) is 9.59 Å². The molecule has 0 radical (unpaired) electrons. The van der Waals surface area contributed by atoms with Gasteiger partial charge in [-0.2, -0.15) is 0 Å². The molecule has 0 heterocycles. The van der Waals surface area contributed by atoms with Gasteiger partial charge in [0.1, 0.15) is 12.6 Å². The topological polar surface area (TPSA) is 102 Å². The zero-order valence-corrected chi connectivity index (χ0v) is 32.5. The zero-order valence-electron chi connectivity index (χ0n) is 32.5. The molecule has 0 aliphatic heterocycles. The summed E-state index contributed by atoms with van der Waals surface area (Å²) in [6.45, 7) is 4.47. The Balaban J connectivity index is 4.48. The lowest BCUT2D eigenvalue weighted by molar-refractivity contribution is -0.889. The van der Waals surface area contributed by atoms with Gasteiger partial charge in [-0.15, -0.1) is 0 Å². The maximum Gasteiger partial charge on any atom is 0.306 e. The number of hydrogen-bond donors (Lipinski definition) is 0. The number of ether oxygens (including phenoxy) is 3. The molecule has 0 saturated carbocycles. The van der Waals surface area contributed by atoms with Gasteiger partial charge in [0.2, 0.25) is 0 Å². The Morgan fingerprint density at radius 1 is 0.620 bits per heavy atom. The molecule has 0 amide bonds. The summed E-state index contributed by atoms with van der Waals surface area (Å²) in [5, 5.41) is 11.6. The highest BCUT2D eigenvalue weighted by atomic mass is 16.6. The van der Waals surface area contributed by atoms with Crippen molar-refractivity contribution >= 4 is 17.9 Å². The van der Waals surface area contributed by atoms with Gasteiger partial charge in [0, 0.05) is 19.3 Å². The van der Waals surface area contributed by atoms with E-state index in [0.717, 1.165) is 77.0 Å². The van der Waals surface area contributed by atoms with Crippen LogP contribution in [0.4, 0.5) is 0 Å². The number of carbonyl (C=O) groups excluding carboxylic acids is 3. The standard InChI is InChI=1S/C42H73NO7/c1-6-8-10-12-14-16-18-20-22-24-26-28-30-32-40(44)49-37-38(36-48-35-34-39(42(46)47)43(3,4)5)50-41(45)33-31-29-27-25-23-21-19-17-15-13-11-9-7-2/h9,11,15-18,21,23,38-39H,6-8,10,12-14,19-20,22,24-37H2,1-5H3/b11-9-,17-15-,18-16-,23-21-. The number of carbonyl (C=O) groups is 3. The van der Waals surface area contributed by atoms with E-state index in [1.807, 2.05) is 0 Å². The first-order valence-corrected chi connectivity index (χ1v) is 19.7. The normalized spacial score (nSPS) is 13.5. The molecule has 0 aromatic rings. The number of esters is 2. The van der Waals surface area contributed by atoms with Crippen molar-refractivity contribution in [2.75, 3.05) is 41.0 Å². The van der Waals surface area contributed by atoms with Crippen LogP contribution in [-0.2, 0) is 28.6 Å². The molecule has 0 saturated heterocycles. The first-order valence-electron chi connectivity index (χ1n) is 19.7. The Kier molecular flexibility index (Phi) is 31.6. The molecule has 0 N–H and O–H groups in total. The van der Waals surface area contributed by atoms with Crippen molar-refractivity contribution in [3.8, 4) is 0 Å². The van der Waals surface area contributed by atoms with Crippen LogP contribution in [0.1, 0.15) is 149 Å². The maximum atomic E-state index is 12.6. The number of rotatable bonds is 34. The smallest absolute Gasteiger partial charge is 0.306 e. The lowest BCUT2D eigenvalue weighted by Crippen LogP contribution is -2.55. The summed E-state index contributed by atoms with van der Waals surface area (Å²) in [6.07, 6.45) is 37.1. The van der Waals surface area contributed by atoms with Gasteiger partial charge in [-0.25, -0.2) is 0 Å². The molecule has 0 aromatic heterocycles. The fourth-order valence-corrected chi connectivity index (χ4v) is 5.37. The molecule has 2 atom stereocenters. The van der Waals surface area contributed by atoms with E-state index in [0.29, 0.717) is 6.42 Å². The minimum Gasteiger partial charge on any atom is -0.544 e. The van der Waals surface area contributed by atoms with Crippen LogP contribution in [0.25, 0.3) is 0 Å². The third kappa shape index (κ3) is 31.3. The molecule has 0 rings (SSSR count). The van der Waals surface area contributed by atoms with E-state index in [1.165, 1.54) is 38.5 Å². The number of aliphatic carboxylic acids is 1. The highest BCUT2D eigenvalue weighted by Gasteiger charge is 2.25. The Morgan fingerprint density at radius 3 is 1.70 bits per heavy atom. The van der Waals surface area contributed by atoms with Crippen molar-refractivity contribution < 1.29 is 38.2 Å². The highest BCUT2D eigenvalue weighted by Crippen LogP contribution is 2.12. The predicted octanol–water partition coefficient (Wildman–Crippen LogP) is 8.74. The van der Waals surface area contributed by atoms with Crippen molar-refractivity contribution in [1.82, 2.24) is 0 Å². The number of allylic oxidation sites excluding steroid dienone is 8. The van der Waals surface area contributed by atoms with E-state index >= 15 is 0 Å². The second-order valence-electron chi connectivity index (χ2n) is 14.1. The fourth-order valence-electron chi connectivity index (χ4n) is 5.37. The number of carboxylic acid groups (broad SMARTS) is 1. The van der Waals surface area contributed by atoms with E-state index in [4.69, 9.17) is 14.2 Å². The van der Waals surface area contributed by atoms with Crippen LogP contribution >= 0.6 is 0 Å². The van der Waals surface area contributed by atoms with Crippen LogP contribution < -0.4 is 5.11 Å². The average molecular weight is 704 g/mol. The van der Waals surface area contributed by atoms with E-state index in [1.54, 1.807) is 21.1 Å². The summed E-state index contributed by atoms with van der Waals surface area (Å²) < 4.78 is 17.1. The molecule has 8 nitrogen and oxygen atoms in total. The minimum atomic E-state index is -1.13. The molecular weight excluding hydrogens is 630 g/mol. The van der Waals surface area contributed by atoms with Gasteiger partial charge in [0.15, 0.2) is 6.10 Å². The summed E-state index contributed by atoms with van der Waals surface area (Å²) in [5.41, 5.74) is 0. The minimum absolute atomic E-state index is 0.0250. The number of nitrogens with zero attached hydrogens (tertiary/aromatic N) is 1. The van der Waals surface area contributed by atoms with Crippen LogP contribution in [0.5, 0.6) is 0 Å². The Hall–Kier alpha value is -2.71. The van der Waals surface area contributed by atoms with Gasteiger partial charge in [0.05, 0.1) is 40.3 Å². The van der Waals surface area contributed by atoms with Crippen molar-refractivity contribution in [2.45, 2.75) is 161 Å². The average Bonchev–Trinajstić information content (AvgIpc) is 3.06. The van der Waals surface area contributed by atoms with Crippen LogP contribution in [0.15, 0.2) is 48.6 Å². The zero-order chi connectivity index (χ0) is 37.1. The van der Waals surface area contributed by atoms with Crippen molar-refractivity contribution in [3.63, 3.8) is 0 Å². The number of quaternary nitrogens is 1. The molecule has 0 bridgehead atoms. The molecule has 288 valence electrons. The Bertz CT molecular complexity index is 964. The number of hydrogen-bond acceptors (Lipinski definition) is 7. The summed E-state index contributed by atoms with van der Waals surface area (Å²) in [5.74, 6) is -1.79. The Labute approximate surface area is 306 Å². The molecule has 0 aliphatic carbocycles. The summed E-state index contributed by atoms with van der Waals surface area (Å²) in [7, 11) is 5.38. The van der Waals surface area contributed by atoms with Gasteiger partial charge in [-0.1, -0.05) is 107 Å². The van der Waals surface area contributed by atoms with Gasteiger partial charge in [-0.05, 0) is 70.6 Å². The fraction of sp³-hybridized carbons (Fsp3) is 0.738. The monoisotopic (exact) mass is 704 g/mol. The lowest BCUT2D eigenvalue weighted by atomic mass is 10.1. The van der Waals surface area contributed by atoms with Crippen molar-refractivity contribution in [2.24, 2.45) is 0 Å². The van der Waals surface area contributed by atoms with Gasteiger partial charge in [0.25, 0.3) is 0 Å². The second kappa shape index (κ2) is 33.4. The number of likely N-dealkylation sites (N-methyl/N-ethyl adjacent to an activating group) is 1. The van der Waals surface area contributed by atoms with Gasteiger partial charge >= 0.3 is 11.9 Å². The summed E-state index contributed by atoms with van der Waals surface area (Å²) in [6, 6.07) is -0.732. The summed E-state index contributed by atoms with van der Waals surface area (Å²) in [4.78, 5) is 36.7. The van der Waals surface area contributed by atoms with Crippen LogP contribution in [-0.4, -0.2) is 75.5 Å². The van der Waals surface area contributed by atoms with Gasteiger partial charge < -0.3 is 28.6 Å². The predicted molar refractivity (Wildman–Crippen MR) is 203 cm³/mol. The molecule has 50 heavy (non-hydrogen) atoms. The molecule has 0 aliphatic rings. The number of unbranched alkanes of at least 4 members (excludes halogenated alkanes) is 12. The molecule has 2 unspecified atom stereocenters. The molecule has 0 fully saturated rings. The summed E-state index contributed by atoms with van der Waals surface area (Å²) >= 11 is 0. The molecule has 0 aromatic carbocycles. The third-order valence-electron chi connectivity index (χ3n) is 8.45. The Morgan fingerprint density at radius 2 is 1.12 bits per heavy atom. The highest BCUT2D eigenvalue weighted by molar-refractivity contribution is 5.70. The first-order chi connectivity index (χ1) is 24.1. The molecular formula is C42H73NO7. The second-order valence-corrected chi connectivity index (χ2v) is 14.1. The van der Waals surface area contributed by atoms with Crippen molar-refractivity contribution in [1.29, 1.82) is 0 Å². The van der Waals surface area contributed by atoms with E-state index < -0.39 is 18.1 Å². The van der Waals surface area contributed by atoms with E-state index in [2.05, 4.69) is 62.5 Å².